The number of aromatic nitrogens is 3. The van der Waals surface area contributed by atoms with Crippen molar-refractivity contribution < 1.29 is 17.6 Å². The normalized spacial score (nSPS) is 15.6. The lowest BCUT2D eigenvalue weighted by molar-refractivity contribution is -0.137. The maximum Gasteiger partial charge on any atom is 0.416 e. The van der Waals surface area contributed by atoms with Gasteiger partial charge >= 0.3 is 6.18 Å². The second-order valence-electron chi connectivity index (χ2n) is 4.71. The molecule has 0 spiro atoms. The summed E-state index contributed by atoms with van der Waals surface area (Å²) in [6, 6.07) is 2.18. The van der Waals surface area contributed by atoms with E-state index in [1.807, 2.05) is 0 Å². The molecule has 1 saturated carbocycles. The predicted molar refractivity (Wildman–Crippen MR) is 62.7 cm³/mol. The number of nitrogens with two attached hydrogens (primary N) is 1. The zero-order valence-corrected chi connectivity index (χ0v) is 10.2. The molecule has 0 aliphatic heterocycles. The van der Waals surface area contributed by atoms with Gasteiger partial charge in [0.05, 0.1) is 11.3 Å². The number of hydrogen-bond donors (Lipinski definition) is 1. The number of hydrogen-bond acceptors (Lipinski definition) is 3. The standard InChI is InChI=1S/C12H10F4N4/c13-8-4-3-7(12(14,15)16)5-9(8)20-10(6-1-2-6)11(17)18-19-20/h3-6H,1-2,17H2. The van der Waals surface area contributed by atoms with Gasteiger partial charge in [0.15, 0.2) is 5.82 Å². The Balaban J connectivity index is 2.14. The van der Waals surface area contributed by atoms with Crippen LogP contribution in [0.2, 0.25) is 0 Å². The highest BCUT2D eigenvalue weighted by atomic mass is 19.4. The number of benzene rings is 1. The average molecular weight is 286 g/mol. The van der Waals surface area contributed by atoms with Crippen LogP contribution in [0, 0.1) is 5.82 Å². The number of rotatable bonds is 2. The third kappa shape index (κ3) is 2.10. The molecule has 1 heterocycles. The summed E-state index contributed by atoms with van der Waals surface area (Å²) < 4.78 is 53.0. The van der Waals surface area contributed by atoms with Crippen molar-refractivity contribution in [2.75, 3.05) is 5.73 Å². The first kappa shape index (κ1) is 12.9. The van der Waals surface area contributed by atoms with E-state index in [2.05, 4.69) is 10.3 Å². The Morgan fingerprint density at radius 2 is 1.95 bits per heavy atom. The average Bonchev–Trinajstić information content (AvgIpc) is 3.12. The molecular formula is C12H10F4N4. The maximum absolute atomic E-state index is 13.8. The highest BCUT2D eigenvalue weighted by molar-refractivity contribution is 5.46. The summed E-state index contributed by atoms with van der Waals surface area (Å²) in [7, 11) is 0. The van der Waals surface area contributed by atoms with Crippen LogP contribution in [0.1, 0.15) is 30.0 Å². The summed E-state index contributed by atoms with van der Waals surface area (Å²) in [5.41, 5.74) is 4.90. The molecule has 0 bridgehead atoms. The molecule has 0 saturated heterocycles. The fourth-order valence-corrected chi connectivity index (χ4v) is 2.07. The Kier molecular flexibility index (Phi) is 2.70. The molecule has 1 aliphatic carbocycles. The van der Waals surface area contributed by atoms with Crippen LogP contribution in [0.3, 0.4) is 0 Å². The van der Waals surface area contributed by atoms with Gasteiger partial charge in [-0.05, 0) is 31.0 Å². The molecule has 2 N–H and O–H groups in total. The second-order valence-corrected chi connectivity index (χ2v) is 4.71. The first-order valence-corrected chi connectivity index (χ1v) is 5.96. The van der Waals surface area contributed by atoms with Crippen LogP contribution in [0.25, 0.3) is 5.69 Å². The van der Waals surface area contributed by atoms with Gasteiger partial charge in [-0.3, -0.25) is 0 Å². The fraction of sp³-hybridized carbons (Fsp3) is 0.333. The molecule has 0 atom stereocenters. The Hall–Kier alpha value is -2.12. The minimum absolute atomic E-state index is 0.0824. The highest BCUT2D eigenvalue weighted by Crippen LogP contribution is 2.43. The lowest BCUT2D eigenvalue weighted by Gasteiger charge is -2.11. The molecule has 106 valence electrons. The molecule has 20 heavy (non-hydrogen) atoms. The van der Waals surface area contributed by atoms with E-state index in [9.17, 15) is 17.6 Å². The van der Waals surface area contributed by atoms with Crippen LogP contribution in [0.4, 0.5) is 23.4 Å². The molecule has 1 fully saturated rings. The number of anilines is 1. The summed E-state index contributed by atoms with van der Waals surface area (Å²) >= 11 is 0. The van der Waals surface area contributed by atoms with Crippen LogP contribution in [-0.2, 0) is 6.18 Å². The molecule has 3 rings (SSSR count). The summed E-state index contributed by atoms with van der Waals surface area (Å²) in [6.45, 7) is 0. The summed E-state index contributed by atoms with van der Waals surface area (Å²) in [6.07, 6.45) is -2.86. The third-order valence-electron chi connectivity index (χ3n) is 3.20. The molecule has 1 aromatic carbocycles. The SMILES string of the molecule is Nc1nnn(-c2cc(C(F)(F)F)ccc2F)c1C1CC1. The molecule has 8 heteroatoms. The number of nitrogen functional groups attached to an aromatic ring is 1. The van der Waals surface area contributed by atoms with E-state index in [0.29, 0.717) is 11.8 Å². The quantitative estimate of drug-likeness (QED) is 0.864. The van der Waals surface area contributed by atoms with Gasteiger partial charge < -0.3 is 5.73 Å². The molecule has 4 nitrogen and oxygen atoms in total. The van der Waals surface area contributed by atoms with Crippen LogP contribution < -0.4 is 5.73 Å². The van der Waals surface area contributed by atoms with Crippen LogP contribution in [0.5, 0.6) is 0 Å². The van der Waals surface area contributed by atoms with Gasteiger partial charge in [-0.15, -0.1) is 5.10 Å². The van der Waals surface area contributed by atoms with Gasteiger partial charge in [0.2, 0.25) is 0 Å². The Morgan fingerprint density at radius 1 is 1.25 bits per heavy atom. The zero-order chi connectivity index (χ0) is 14.5. The van der Waals surface area contributed by atoms with Crippen molar-refractivity contribution in [3.05, 3.63) is 35.3 Å². The summed E-state index contributed by atoms with van der Waals surface area (Å²) in [4.78, 5) is 0. The van der Waals surface area contributed by atoms with Crippen LogP contribution in [-0.4, -0.2) is 15.0 Å². The van der Waals surface area contributed by atoms with Gasteiger partial charge in [0, 0.05) is 5.92 Å². The van der Waals surface area contributed by atoms with E-state index in [-0.39, 0.29) is 17.4 Å². The molecule has 2 aromatic rings. The van der Waals surface area contributed by atoms with Crippen molar-refractivity contribution in [2.24, 2.45) is 0 Å². The second kappa shape index (κ2) is 4.19. The van der Waals surface area contributed by atoms with Crippen molar-refractivity contribution in [3.63, 3.8) is 0 Å². The Labute approximate surface area is 111 Å². The van der Waals surface area contributed by atoms with E-state index in [1.165, 1.54) is 0 Å². The van der Waals surface area contributed by atoms with Crippen LogP contribution >= 0.6 is 0 Å². The van der Waals surface area contributed by atoms with Crippen LogP contribution in [0.15, 0.2) is 18.2 Å². The van der Waals surface area contributed by atoms with Gasteiger partial charge in [-0.1, -0.05) is 5.21 Å². The summed E-state index contributed by atoms with van der Waals surface area (Å²) in [5.74, 6) is -0.590. The van der Waals surface area contributed by atoms with Gasteiger partial charge in [0.25, 0.3) is 0 Å². The molecular weight excluding hydrogens is 276 g/mol. The summed E-state index contributed by atoms with van der Waals surface area (Å²) in [5, 5.41) is 7.30. The van der Waals surface area contributed by atoms with Gasteiger partial charge in [-0.25, -0.2) is 9.07 Å². The van der Waals surface area contributed by atoms with E-state index < -0.39 is 17.6 Å². The molecule has 1 aromatic heterocycles. The minimum Gasteiger partial charge on any atom is -0.381 e. The van der Waals surface area contributed by atoms with E-state index >= 15 is 0 Å². The maximum atomic E-state index is 13.8. The van der Waals surface area contributed by atoms with E-state index in [1.54, 1.807) is 0 Å². The largest absolute Gasteiger partial charge is 0.416 e. The fourth-order valence-electron chi connectivity index (χ4n) is 2.07. The first-order chi connectivity index (χ1) is 9.38. The predicted octanol–water partition coefficient (Wildman–Crippen LogP) is 2.88. The van der Waals surface area contributed by atoms with E-state index in [0.717, 1.165) is 29.7 Å². The number of halogens is 4. The van der Waals surface area contributed by atoms with Crippen molar-refractivity contribution in [2.45, 2.75) is 24.9 Å². The first-order valence-electron chi connectivity index (χ1n) is 5.96. The van der Waals surface area contributed by atoms with Gasteiger partial charge in [0.1, 0.15) is 11.5 Å². The topological polar surface area (TPSA) is 56.7 Å². The Bertz CT molecular complexity index is 658. The molecule has 0 radical (unpaired) electrons. The van der Waals surface area contributed by atoms with E-state index in [4.69, 9.17) is 5.73 Å². The van der Waals surface area contributed by atoms with Crippen molar-refractivity contribution in [1.29, 1.82) is 0 Å². The number of nitrogens with zero attached hydrogens (tertiary/aromatic N) is 3. The minimum atomic E-state index is -4.55. The molecule has 1 aliphatic rings. The lowest BCUT2D eigenvalue weighted by atomic mass is 10.1. The monoisotopic (exact) mass is 286 g/mol. The van der Waals surface area contributed by atoms with Gasteiger partial charge in [-0.2, -0.15) is 13.2 Å². The lowest BCUT2D eigenvalue weighted by Crippen LogP contribution is -2.10. The van der Waals surface area contributed by atoms with Crippen molar-refractivity contribution in [3.8, 4) is 5.69 Å². The zero-order valence-electron chi connectivity index (χ0n) is 10.2. The highest BCUT2D eigenvalue weighted by Gasteiger charge is 2.34. The molecule has 0 unspecified atom stereocenters. The Morgan fingerprint density at radius 3 is 2.55 bits per heavy atom. The van der Waals surface area contributed by atoms with Crippen molar-refractivity contribution >= 4 is 5.82 Å². The number of alkyl halides is 3. The smallest absolute Gasteiger partial charge is 0.381 e. The molecule has 0 amide bonds. The third-order valence-corrected chi connectivity index (χ3v) is 3.20. The van der Waals surface area contributed by atoms with Crippen molar-refractivity contribution in [1.82, 2.24) is 15.0 Å².